The molecule has 2 heterocycles. The molecule has 0 aromatic carbocycles. The molecule has 0 saturated carbocycles. The maximum Gasteiger partial charge on any atom is 0.412 e. The number of esters is 2. The van der Waals surface area contributed by atoms with E-state index >= 15 is 0 Å². The first kappa shape index (κ1) is 34.8. The van der Waals surface area contributed by atoms with Crippen molar-refractivity contribution in [3.63, 3.8) is 0 Å². The van der Waals surface area contributed by atoms with Crippen LogP contribution in [0.4, 0.5) is 26.3 Å². The van der Waals surface area contributed by atoms with E-state index in [1.165, 1.54) is 0 Å². The molecule has 0 aromatic rings. The molecule has 9 nitrogen and oxygen atoms in total. The number of methoxy groups -OCH3 is 1. The summed E-state index contributed by atoms with van der Waals surface area (Å²) in [4.78, 5) is 25.2. The molecule has 40 heavy (non-hydrogen) atoms. The van der Waals surface area contributed by atoms with E-state index in [2.05, 4.69) is 9.05 Å². The van der Waals surface area contributed by atoms with Gasteiger partial charge in [0.15, 0.2) is 13.2 Å². The third-order valence-electron chi connectivity index (χ3n) is 6.40. The zero-order valence-corrected chi connectivity index (χ0v) is 23.5. The molecule has 2 aliphatic rings. The van der Waals surface area contributed by atoms with Crippen molar-refractivity contribution in [1.82, 2.24) is 0 Å². The molecule has 16 heteroatoms. The van der Waals surface area contributed by atoms with Crippen molar-refractivity contribution in [2.45, 2.75) is 108 Å². The van der Waals surface area contributed by atoms with Crippen LogP contribution in [0, 0.1) is 5.92 Å². The van der Waals surface area contributed by atoms with E-state index in [1.54, 1.807) is 7.11 Å². The molecule has 0 radical (unpaired) electrons. The number of ether oxygens (including phenoxy) is 4. The minimum Gasteiger partial charge on any atom is -0.462 e. The Kier molecular flexibility index (Phi) is 13.2. The van der Waals surface area contributed by atoms with Crippen molar-refractivity contribution in [2.75, 3.05) is 26.5 Å². The Hall–Kier alpha value is -1.41. The molecule has 0 unspecified atom stereocenters. The maximum atomic E-state index is 12.7. The minimum absolute atomic E-state index is 0.0159. The zero-order valence-electron chi connectivity index (χ0n) is 22.6. The van der Waals surface area contributed by atoms with Gasteiger partial charge in [-0.25, -0.2) is 0 Å². The van der Waals surface area contributed by atoms with Crippen molar-refractivity contribution in [3.8, 4) is 0 Å². The van der Waals surface area contributed by atoms with E-state index in [0.29, 0.717) is 25.7 Å². The van der Waals surface area contributed by atoms with Crippen LogP contribution in [0.15, 0.2) is 0 Å². The lowest BCUT2D eigenvalue weighted by molar-refractivity contribution is -0.172. The Bertz CT molecular complexity index is 847. The second-order valence-electron chi connectivity index (χ2n) is 10.3. The summed E-state index contributed by atoms with van der Waals surface area (Å²) in [6.07, 6.45) is -11.0. The summed E-state index contributed by atoms with van der Waals surface area (Å²) < 4.78 is 119. The number of rotatable bonds is 10. The van der Waals surface area contributed by atoms with Crippen LogP contribution >= 0.6 is 7.60 Å². The van der Waals surface area contributed by atoms with Gasteiger partial charge in [0.1, 0.15) is 18.4 Å². The van der Waals surface area contributed by atoms with Gasteiger partial charge in [-0.2, -0.15) is 26.3 Å². The van der Waals surface area contributed by atoms with Crippen LogP contribution in [0.5, 0.6) is 0 Å². The van der Waals surface area contributed by atoms with Crippen LogP contribution in [0.25, 0.3) is 0 Å². The van der Waals surface area contributed by atoms with E-state index in [0.717, 1.165) is 6.42 Å². The highest BCUT2D eigenvalue weighted by Gasteiger charge is 2.42. The van der Waals surface area contributed by atoms with Gasteiger partial charge in [0, 0.05) is 26.4 Å². The lowest BCUT2D eigenvalue weighted by Gasteiger charge is -2.37. The second kappa shape index (κ2) is 15.2. The van der Waals surface area contributed by atoms with Gasteiger partial charge < -0.3 is 18.9 Å². The topological polar surface area (TPSA) is 107 Å². The minimum atomic E-state index is -5.18. The average Bonchev–Trinajstić information content (AvgIpc) is 2.79. The first-order chi connectivity index (χ1) is 18.5. The normalized spacial score (nSPS) is 29.2. The fraction of sp³-hybridized carbons (Fsp3) is 0.917. The highest BCUT2D eigenvalue weighted by molar-refractivity contribution is 7.54. The number of alkyl halides is 6. The van der Waals surface area contributed by atoms with E-state index in [4.69, 9.17) is 18.9 Å². The van der Waals surface area contributed by atoms with E-state index in [-0.39, 0.29) is 37.4 Å². The fourth-order valence-electron chi connectivity index (χ4n) is 4.84. The van der Waals surface area contributed by atoms with Gasteiger partial charge in [-0.05, 0) is 25.2 Å². The summed E-state index contributed by atoms with van der Waals surface area (Å²) in [5, 5.41) is 0. The highest BCUT2D eigenvalue weighted by Crippen LogP contribution is 2.50. The van der Waals surface area contributed by atoms with Crippen molar-refractivity contribution in [3.05, 3.63) is 0 Å². The Labute approximate surface area is 229 Å². The second-order valence-corrected chi connectivity index (χ2v) is 12.3. The van der Waals surface area contributed by atoms with Crippen molar-refractivity contribution < 1.29 is 68.5 Å². The van der Waals surface area contributed by atoms with Crippen LogP contribution in [-0.4, -0.2) is 81.3 Å². The van der Waals surface area contributed by atoms with Crippen LogP contribution in [-0.2, 0) is 42.1 Å². The van der Waals surface area contributed by atoms with Crippen LogP contribution in [0.1, 0.15) is 65.2 Å². The third-order valence-corrected chi connectivity index (χ3v) is 8.09. The molecule has 2 fully saturated rings. The van der Waals surface area contributed by atoms with Crippen molar-refractivity contribution in [1.29, 1.82) is 0 Å². The number of fused-ring (bicyclic) bond motifs is 2. The quantitative estimate of drug-likeness (QED) is 0.173. The molecule has 2 saturated heterocycles. The molecule has 2 bridgehead atoms. The lowest BCUT2D eigenvalue weighted by atomic mass is 9.89. The maximum absolute atomic E-state index is 12.7. The predicted molar refractivity (Wildman–Crippen MR) is 127 cm³/mol. The number of carbonyl (C=O) groups excluding carboxylic acids is 2. The summed E-state index contributed by atoms with van der Waals surface area (Å²) >= 11 is 0. The van der Waals surface area contributed by atoms with Gasteiger partial charge in [0.2, 0.25) is 0 Å². The standard InChI is InChI=1S/C24H37F6O9P/c1-4-5-16-8-17(34-3)6-15(2)7-18-9-19(10-20(37-18)11-21(31)38-16)39-22(32)12-40(33,35-13-23(25,26)27)36-14-24(28,29)30/h15-20H,4-14H2,1-3H3/t15-,16-,17-,18+,19+,20+/m0/s1. The van der Waals surface area contributed by atoms with E-state index in [1.807, 2.05) is 13.8 Å². The Morgan fingerprint density at radius 1 is 0.950 bits per heavy atom. The molecule has 0 aliphatic carbocycles. The van der Waals surface area contributed by atoms with Gasteiger partial charge in [-0.1, -0.05) is 20.3 Å². The van der Waals surface area contributed by atoms with E-state index in [9.17, 15) is 40.5 Å². The fourth-order valence-corrected chi connectivity index (χ4v) is 6.17. The van der Waals surface area contributed by atoms with Gasteiger partial charge in [-0.3, -0.25) is 23.2 Å². The molecular weight excluding hydrogens is 577 g/mol. The first-order valence-corrected chi connectivity index (χ1v) is 14.8. The SMILES string of the molecule is CCC[C@H]1C[C@@H](OC)C[C@H](C)C[C@@H]2C[C@@H](OC(=O)CP(=O)(OCC(F)(F)F)OCC(F)(F)F)C[C@H](CC(=O)O1)O2. The molecule has 0 aromatic heterocycles. The zero-order chi connectivity index (χ0) is 30.1. The predicted octanol–water partition coefficient (Wildman–Crippen LogP) is 5.73. The molecule has 0 N–H and O–H groups in total. The van der Waals surface area contributed by atoms with Crippen LogP contribution in [0.2, 0.25) is 0 Å². The van der Waals surface area contributed by atoms with Gasteiger partial charge >= 0.3 is 31.9 Å². The van der Waals surface area contributed by atoms with Gasteiger partial charge in [0.05, 0.1) is 24.7 Å². The molecule has 2 aliphatic heterocycles. The summed E-state index contributed by atoms with van der Waals surface area (Å²) in [5.74, 6) is -1.80. The largest absolute Gasteiger partial charge is 0.462 e. The molecule has 2 rings (SSSR count). The molecule has 0 amide bonds. The summed E-state index contributed by atoms with van der Waals surface area (Å²) in [7, 11) is -3.60. The van der Waals surface area contributed by atoms with Crippen LogP contribution in [0.3, 0.4) is 0 Å². The smallest absolute Gasteiger partial charge is 0.412 e. The molecule has 234 valence electrons. The third kappa shape index (κ3) is 13.5. The van der Waals surface area contributed by atoms with Crippen molar-refractivity contribution >= 4 is 19.5 Å². The number of carbonyl (C=O) groups is 2. The number of hydrogen-bond donors (Lipinski definition) is 0. The van der Waals surface area contributed by atoms with Crippen LogP contribution < -0.4 is 0 Å². The summed E-state index contributed by atoms with van der Waals surface area (Å²) in [6.45, 7) is -0.418. The number of cyclic esters (lactones) is 1. The monoisotopic (exact) mass is 614 g/mol. The Balaban J connectivity index is 2.13. The molecule has 0 spiro atoms. The van der Waals surface area contributed by atoms with Gasteiger partial charge in [-0.15, -0.1) is 0 Å². The lowest BCUT2D eigenvalue weighted by Crippen LogP contribution is -2.41. The summed E-state index contributed by atoms with van der Waals surface area (Å²) in [5.41, 5.74) is 0. The van der Waals surface area contributed by atoms with Gasteiger partial charge in [0.25, 0.3) is 0 Å². The highest BCUT2D eigenvalue weighted by atomic mass is 31.2. The Morgan fingerprint density at radius 2 is 1.55 bits per heavy atom. The Morgan fingerprint density at radius 3 is 2.10 bits per heavy atom. The van der Waals surface area contributed by atoms with E-state index < -0.39 is 69.6 Å². The van der Waals surface area contributed by atoms with Crippen molar-refractivity contribution in [2.24, 2.45) is 5.92 Å². The first-order valence-electron chi connectivity index (χ1n) is 13.1. The number of hydrogen-bond acceptors (Lipinski definition) is 9. The summed E-state index contributed by atoms with van der Waals surface area (Å²) in [6, 6.07) is 0. The molecule has 6 atom stereocenters. The number of halogens is 6. The average molecular weight is 615 g/mol. The molecular formula is C24H37F6O9P.